The smallest absolute Gasteiger partial charge is 0.325 e. The number of aromatic nitrogens is 1. The summed E-state index contributed by atoms with van der Waals surface area (Å²) in [6, 6.07) is 13.7. The van der Waals surface area contributed by atoms with Crippen molar-refractivity contribution >= 4 is 34.7 Å². The molecule has 1 fully saturated rings. The van der Waals surface area contributed by atoms with Crippen molar-refractivity contribution in [2.24, 2.45) is 0 Å². The van der Waals surface area contributed by atoms with Gasteiger partial charge in [-0.3, -0.25) is 4.72 Å². The molecule has 0 bridgehead atoms. The zero-order chi connectivity index (χ0) is 23.5. The van der Waals surface area contributed by atoms with Crippen LogP contribution in [-0.4, -0.2) is 55.4 Å². The van der Waals surface area contributed by atoms with Crippen LogP contribution in [0.15, 0.2) is 47.4 Å². The Balaban J connectivity index is 1.18. The number of pyridine rings is 1. The van der Waals surface area contributed by atoms with E-state index in [1.165, 1.54) is 17.5 Å². The number of rotatable bonds is 6. The maximum Gasteiger partial charge on any atom is 0.325 e. The second-order valence-corrected chi connectivity index (χ2v) is 9.35. The van der Waals surface area contributed by atoms with Gasteiger partial charge in [0.05, 0.1) is 5.52 Å². The van der Waals surface area contributed by atoms with Gasteiger partial charge in [0.1, 0.15) is 5.82 Å². The summed E-state index contributed by atoms with van der Waals surface area (Å²) in [6.45, 7) is 10.2. The lowest BCUT2D eigenvalue weighted by molar-refractivity contribution is 0.174. The Kier molecular flexibility index (Phi) is 6.64. The van der Waals surface area contributed by atoms with Crippen molar-refractivity contribution in [3.8, 4) is 11.5 Å². The van der Waals surface area contributed by atoms with Gasteiger partial charge in [0.2, 0.25) is 6.79 Å². The Morgan fingerprint density at radius 3 is 2.71 bits per heavy atom. The normalized spacial score (nSPS) is 15.5. The average molecular weight is 480 g/mol. The molecule has 3 heterocycles. The second kappa shape index (κ2) is 9.99. The van der Waals surface area contributed by atoms with Crippen LogP contribution in [0.1, 0.15) is 18.1 Å². The number of fused-ring (bicyclic) bond motifs is 2. The lowest BCUT2D eigenvalue weighted by Crippen LogP contribution is -2.46. The number of benzene rings is 2. The third kappa shape index (κ3) is 5.00. The van der Waals surface area contributed by atoms with Crippen LogP contribution in [0.2, 0.25) is 0 Å². The van der Waals surface area contributed by atoms with Crippen molar-refractivity contribution in [3.63, 3.8) is 0 Å². The Hall–Kier alpha value is -3.17. The predicted molar refractivity (Wildman–Crippen MR) is 135 cm³/mol. The van der Waals surface area contributed by atoms with Crippen molar-refractivity contribution in [1.82, 2.24) is 19.9 Å². The highest BCUT2D eigenvalue weighted by molar-refractivity contribution is 7.98. The van der Waals surface area contributed by atoms with E-state index in [0.29, 0.717) is 12.3 Å². The zero-order valence-electron chi connectivity index (χ0n) is 19.5. The van der Waals surface area contributed by atoms with Gasteiger partial charge in [-0.25, -0.2) is 9.78 Å². The number of nitrogens with zero attached hydrogens (tertiary/aromatic N) is 3. The summed E-state index contributed by atoms with van der Waals surface area (Å²) in [4.78, 5) is 23.0. The molecule has 1 saturated heterocycles. The first-order valence-electron chi connectivity index (χ1n) is 11.6. The van der Waals surface area contributed by atoms with Crippen LogP contribution < -0.4 is 24.4 Å². The summed E-state index contributed by atoms with van der Waals surface area (Å²) in [5.74, 6) is 2.49. The van der Waals surface area contributed by atoms with Gasteiger partial charge in [0, 0.05) is 43.0 Å². The molecule has 5 rings (SSSR count). The summed E-state index contributed by atoms with van der Waals surface area (Å²) in [6.07, 6.45) is 0. The maximum atomic E-state index is 12.3. The van der Waals surface area contributed by atoms with E-state index < -0.39 is 0 Å². The van der Waals surface area contributed by atoms with Gasteiger partial charge in [0.25, 0.3) is 0 Å². The van der Waals surface area contributed by atoms with Gasteiger partial charge < -0.3 is 24.6 Å². The number of amides is 2. The number of ether oxygens (including phenoxy) is 2. The van der Waals surface area contributed by atoms with Crippen molar-refractivity contribution in [2.45, 2.75) is 25.3 Å². The van der Waals surface area contributed by atoms with Crippen LogP contribution in [0.4, 0.5) is 10.6 Å². The van der Waals surface area contributed by atoms with Crippen LogP contribution >= 0.6 is 11.9 Å². The van der Waals surface area contributed by atoms with Crippen LogP contribution in [0.3, 0.4) is 0 Å². The molecule has 0 atom stereocenters. The molecule has 3 aromatic rings. The molecule has 8 nitrogen and oxygen atoms in total. The molecule has 0 spiro atoms. The molecule has 0 unspecified atom stereocenters. The highest BCUT2D eigenvalue weighted by atomic mass is 32.2. The fraction of sp³-hybridized carbons (Fsp3) is 0.360. The molecule has 9 heteroatoms. The van der Waals surface area contributed by atoms with Crippen molar-refractivity contribution < 1.29 is 14.3 Å². The molecular weight excluding hydrogens is 450 g/mol. The molecule has 2 amide bonds. The fourth-order valence-corrected chi connectivity index (χ4v) is 4.84. The molecule has 0 saturated carbocycles. The monoisotopic (exact) mass is 479 g/mol. The van der Waals surface area contributed by atoms with Gasteiger partial charge in [-0.15, -0.1) is 0 Å². The van der Waals surface area contributed by atoms with Gasteiger partial charge in [-0.2, -0.15) is 0 Å². The van der Waals surface area contributed by atoms with Crippen LogP contribution in [0.5, 0.6) is 11.5 Å². The fourth-order valence-electron chi connectivity index (χ4n) is 4.25. The Morgan fingerprint density at radius 1 is 1.06 bits per heavy atom. The number of hydrogen-bond acceptors (Lipinski definition) is 7. The molecule has 1 aromatic heterocycles. The van der Waals surface area contributed by atoms with E-state index >= 15 is 0 Å². The van der Waals surface area contributed by atoms with Gasteiger partial charge in [-0.05, 0) is 72.9 Å². The number of hydrogen-bond donors (Lipinski definition) is 2. The van der Waals surface area contributed by atoms with E-state index in [2.05, 4.69) is 45.8 Å². The summed E-state index contributed by atoms with van der Waals surface area (Å²) < 4.78 is 13.6. The first-order chi connectivity index (χ1) is 16.6. The minimum absolute atomic E-state index is 0.237. The highest BCUT2D eigenvalue weighted by Gasteiger charge is 2.18. The number of carbonyl (C=O) groups is 1. The van der Waals surface area contributed by atoms with E-state index in [1.807, 2.05) is 30.3 Å². The summed E-state index contributed by atoms with van der Waals surface area (Å²) in [5, 5.41) is 3.97. The molecule has 34 heavy (non-hydrogen) atoms. The molecule has 2 aliphatic rings. The van der Waals surface area contributed by atoms with Gasteiger partial charge in [0.15, 0.2) is 11.5 Å². The quantitative estimate of drug-likeness (QED) is 0.519. The predicted octanol–water partition coefficient (Wildman–Crippen LogP) is 3.92. The minimum atomic E-state index is -0.251. The molecule has 2 N–H and O–H groups in total. The Labute approximate surface area is 203 Å². The van der Waals surface area contributed by atoms with Crippen molar-refractivity contribution in [2.75, 3.05) is 44.4 Å². The van der Waals surface area contributed by atoms with E-state index in [4.69, 9.17) is 14.5 Å². The highest BCUT2D eigenvalue weighted by Crippen LogP contribution is 2.32. The molecule has 2 aliphatic heterocycles. The number of nitrogens with one attached hydrogen (secondary N) is 2. The van der Waals surface area contributed by atoms with E-state index in [0.717, 1.165) is 65.7 Å². The number of likely N-dealkylation sites (N-methyl/N-ethyl adjacent to an activating group) is 1. The molecular formula is C25H29N5O3S. The minimum Gasteiger partial charge on any atom is -0.454 e. The van der Waals surface area contributed by atoms with Crippen molar-refractivity contribution in [1.29, 1.82) is 0 Å². The van der Waals surface area contributed by atoms with Crippen LogP contribution in [0, 0.1) is 6.92 Å². The second-order valence-electron chi connectivity index (χ2n) is 8.47. The number of aryl methyl sites for hydroxylation is 1. The Bertz CT molecular complexity index is 1200. The number of piperazine rings is 1. The standard InChI is InChI=1S/C25H29N5O3S/c1-3-29-8-10-30(11-9-29)24-12-17(2)20-14-19(5-6-21(20)27-24)34-28-25(31)26-15-18-4-7-22-23(13-18)33-16-32-22/h4-7,12-14H,3,8-11,15-16H2,1-2H3,(H2,26,28,31). The molecule has 0 aliphatic carbocycles. The molecule has 178 valence electrons. The van der Waals surface area contributed by atoms with Crippen LogP contribution in [0.25, 0.3) is 10.9 Å². The lowest BCUT2D eigenvalue weighted by atomic mass is 10.1. The third-order valence-electron chi connectivity index (χ3n) is 6.27. The maximum absolute atomic E-state index is 12.3. The largest absolute Gasteiger partial charge is 0.454 e. The van der Waals surface area contributed by atoms with Gasteiger partial charge in [-0.1, -0.05) is 13.0 Å². The van der Waals surface area contributed by atoms with Crippen LogP contribution in [-0.2, 0) is 6.54 Å². The first kappa shape index (κ1) is 22.6. The molecule has 0 radical (unpaired) electrons. The number of anilines is 1. The average Bonchev–Trinajstić information content (AvgIpc) is 3.34. The van der Waals surface area contributed by atoms with E-state index in [9.17, 15) is 4.79 Å². The first-order valence-corrected chi connectivity index (χ1v) is 12.4. The molecule has 2 aromatic carbocycles. The topological polar surface area (TPSA) is 79.0 Å². The number of urea groups is 1. The lowest BCUT2D eigenvalue weighted by Gasteiger charge is -2.35. The zero-order valence-corrected chi connectivity index (χ0v) is 20.3. The van der Waals surface area contributed by atoms with E-state index in [-0.39, 0.29) is 12.8 Å². The summed E-state index contributed by atoms with van der Waals surface area (Å²) in [5.41, 5.74) is 3.11. The Morgan fingerprint density at radius 2 is 1.88 bits per heavy atom. The summed E-state index contributed by atoms with van der Waals surface area (Å²) >= 11 is 1.29. The van der Waals surface area contributed by atoms with Gasteiger partial charge >= 0.3 is 6.03 Å². The van der Waals surface area contributed by atoms with E-state index in [1.54, 1.807) is 0 Å². The number of carbonyl (C=O) groups excluding carboxylic acids is 1. The SMILES string of the molecule is CCN1CCN(c2cc(C)c3cc(SNC(=O)NCc4ccc5c(c4)OCO5)ccc3n2)CC1. The summed E-state index contributed by atoms with van der Waals surface area (Å²) in [7, 11) is 0. The van der Waals surface area contributed by atoms with Crippen molar-refractivity contribution in [3.05, 3.63) is 53.6 Å². The third-order valence-corrected chi connectivity index (χ3v) is 7.05.